The first-order valence-electron chi connectivity index (χ1n) is 9.04. The second-order valence-corrected chi connectivity index (χ2v) is 7.10. The third kappa shape index (κ3) is 9.81. The quantitative estimate of drug-likeness (QED) is 0.329. The summed E-state index contributed by atoms with van der Waals surface area (Å²) < 4.78 is 15.2. The maximum Gasteiger partial charge on any atom is 0.407 e. The first kappa shape index (κ1) is 24.7. The number of carbonyl (C=O) groups is 4. The third-order valence-corrected chi connectivity index (χ3v) is 3.65. The molecule has 0 fully saturated rings. The normalized spacial score (nSPS) is 13.4. The highest BCUT2D eigenvalue weighted by atomic mass is 16.6. The number of hydrogen-bond donors (Lipinski definition) is 2. The Bertz CT molecular complexity index is 510. The average molecular weight is 388 g/mol. The molecule has 3 N–H and O–H groups in total. The van der Waals surface area contributed by atoms with Crippen LogP contribution < -0.4 is 11.1 Å². The molecule has 0 saturated heterocycles. The largest absolute Gasteiger partial charge is 0.465 e. The molecule has 0 rings (SSSR count). The predicted octanol–water partition coefficient (Wildman–Crippen LogP) is 1.52. The smallest absolute Gasteiger partial charge is 0.407 e. The topological polar surface area (TPSA) is 134 Å². The molecule has 0 aromatic heterocycles. The van der Waals surface area contributed by atoms with E-state index in [1.807, 2.05) is 0 Å². The van der Waals surface area contributed by atoms with Crippen molar-refractivity contribution in [2.24, 2.45) is 17.6 Å². The molecule has 0 radical (unpaired) electrons. The molecule has 156 valence electrons. The second-order valence-electron chi connectivity index (χ2n) is 7.10. The van der Waals surface area contributed by atoms with Gasteiger partial charge in [-0.1, -0.05) is 6.92 Å². The lowest BCUT2D eigenvalue weighted by Crippen LogP contribution is -2.48. The van der Waals surface area contributed by atoms with E-state index in [0.29, 0.717) is 0 Å². The minimum atomic E-state index is -1.25. The van der Waals surface area contributed by atoms with Gasteiger partial charge in [-0.15, -0.1) is 0 Å². The lowest BCUT2D eigenvalue weighted by Gasteiger charge is -2.30. The molecule has 9 nitrogen and oxygen atoms in total. The molecule has 0 aliphatic heterocycles. The zero-order chi connectivity index (χ0) is 21.2. The lowest BCUT2D eigenvalue weighted by molar-refractivity contribution is -0.164. The number of esters is 2. The van der Waals surface area contributed by atoms with Crippen LogP contribution in [0.15, 0.2) is 0 Å². The summed E-state index contributed by atoms with van der Waals surface area (Å²) in [4.78, 5) is 47.9. The van der Waals surface area contributed by atoms with E-state index in [9.17, 15) is 19.2 Å². The van der Waals surface area contributed by atoms with Crippen LogP contribution in [0.4, 0.5) is 4.79 Å². The molecule has 0 bridgehead atoms. The van der Waals surface area contributed by atoms with Gasteiger partial charge in [0.05, 0.1) is 13.2 Å². The van der Waals surface area contributed by atoms with Crippen molar-refractivity contribution >= 4 is 23.9 Å². The van der Waals surface area contributed by atoms with Gasteiger partial charge < -0.3 is 25.3 Å². The molecule has 0 aliphatic carbocycles. The van der Waals surface area contributed by atoms with Gasteiger partial charge in [-0.05, 0) is 41.0 Å². The summed E-state index contributed by atoms with van der Waals surface area (Å²) in [6, 6.07) is -0.730. The molecule has 0 saturated carbocycles. The monoisotopic (exact) mass is 388 g/mol. The summed E-state index contributed by atoms with van der Waals surface area (Å²) in [7, 11) is 0. The van der Waals surface area contributed by atoms with Crippen LogP contribution in [0, 0.1) is 11.8 Å². The standard InChI is InChI=1S/C18H32N2O7/c1-7-25-15(22)14(16(23)26-8-2)11(3)12(9-10-13(19)21)20-17(24)27-18(4,5)6/h11-12,14H,7-10H2,1-6H3,(H2,19,21)(H,20,24). The van der Waals surface area contributed by atoms with Crippen LogP contribution in [0.1, 0.15) is 54.4 Å². The van der Waals surface area contributed by atoms with Crippen molar-refractivity contribution in [1.82, 2.24) is 5.32 Å². The van der Waals surface area contributed by atoms with Crippen molar-refractivity contribution in [2.75, 3.05) is 13.2 Å². The molecule has 0 aromatic carbocycles. The first-order chi connectivity index (χ1) is 12.4. The van der Waals surface area contributed by atoms with E-state index in [-0.39, 0.29) is 26.1 Å². The second kappa shape index (κ2) is 11.4. The van der Waals surface area contributed by atoms with E-state index in [1.54, 1.807) is 41.5 Å². The fraction of sp³-hybridized carbons (Fsp3) is 0.778. The fourth-order valence-corrected chi connectivity index (χ4v) is 2.45. The minimum absolute atomic E-state index is 0.0385. The molecule has 0 aromatic rings. The number of hydrogen-bond acceptors (Lipinski definition) is 7. The van der Waals surface area contributed by atoms with Crippen LogP contribution in [0.2, 0.25) is 0 Å². The van der Waals surface area contributed by atoms with Crippen molar-refractivity contribution in [3.8, 4) is 0 Å². The molecule has 0 heterocycles. The fourth-order valence-electron chi connectivity index (χ4n) is 2.45. The molecule has 2 amide bonds. The Hall–Kier alpha value is -2.32. The number of alkyl carbamates (subject to hydrolysis) is 1. The van der Waals surface area contributed by atoms with Crippen LogP contribution in [0.5, 0.6) is 0 Å². The van der Waals surface area contributed by atoms with Gasteiger partial charge >= 0.3 is 18.0 Å². The Morgan fingerprint density at radius 1 is 1.00 bits per heavy atom. The van der Waals surface area contributed by atoms with Crippen LogP contribution in [0.3, 0.4) is 0 Å². The van der Waals surface area contributed by atoms with Gasteiger partial charge in [0, 0.05) is 18.4 Å². The van der Waals surface area contributed by atoms with Gasteiger partial charge in [-0.25, -0.2) is 4.79 Å². The Labute approximate surface area is 160 Å². The van der Waals surface area contributed by atoms with Crippen LogP contribution >= 0.6 is 0 Å². The molecule has 0 spiro atoms. The van der Waals surface area contributed by atoms with E-state index in [4.69, 9.17) is 19.9 Å². The molecule has 9 heteroatoms. The highest BCUT2D eigenvalue weighted by Crippen LogP contribution is 2.23. The molecule has 2 atom stereocenters. The predicted molar refractivity (Wildman–Crippen MR) is 97.5 cm³/mol. The van der Waals surface area contributed by atoms with Crippen molar-refractivity contribution in [1.29, 1.82) is 0 Å². The lowest BCUT2D eigenvalue weighted by atomic mass is 9.85. The Morgan fingerprint density at radius 3 is 1.85 bits per heavy atom. The van der Waals surface area contributed by atoms with E-state index < -0.39 is 47.4 Å². The first-order valence-corrected chi connectivity index (χ1v) is 9.04. The van der Waals surface area contributed by atoms with Crippen LogP contribution in [-0.2, 0) is 28.6 Å². The maximum atomic E-state index is 12.3. The summed E-state index contributed by atoms with van der Waals surface area (Å²) in [5.41, 5.74) is 4.47. The van der Waals surface area contributed by atoms with Crippen molar-refractivity contribution in [3.63, 3.8) is 0 Å². The van der Waals surface area contributed by atoms with Gasteiger partial charge in [-0.2, -0.15) is 0 Å². The molecular formula is C18H32N2O7. The maximum absolute atomic E-state index is 12.3. The summed E-state index contributed by atoms with van der Waals surface area (Å²) in [5, 5.41) is 2.62. The number of nitrogens with one attached hydrogen (secondary N) is 1. The number of nitrogens with two attached hydrogens (primary N) is 1. The Balaban J connectivity index is 5.51. The van der Waals surface area contributed by atoms with Crippen molar-refractivity contribution in [3.05, 3.63) is 0 Å². The number of ether oxygens (including phenoxy) is 3. The molecule has 2 unspecified atom stereocenters. The zero-order valence-electron chi connectivity index (χ0n) is 17.0. The third-order valence-electron chi connectivity index (χ3n) is 3.65. The summed E-state index contributed by atoms with van der Waals surface area (Å²) >= 11 is 0. The van der Waals surface area contributed by atoms with Gasteiger partial charge in [0.25, 0.3) is 0 Å². The van der Waals surface area contributed by atoms with Gasteiger partial charge in [0.2, 0.25) is 5.91 Å². The highest BCUT2D eigenvalue weighted by molar-refractivity contribution is 5.95. The SMILES string of the molecule is CCOC(=O)C(C(=O)OCC)C(C)C(CCC(N)=O)NC(=O)OC(C)(C)C. The van der Waals surface area contributed by atoms with E-state index in [0.717, 1.165) is 0 Å². The zero-order valence-corrected chi connectivity index (χ0v) is 17.0. The summed E-state index contributed by atoms with van der Waals surface area (Å²) in [6.07, 6.45) is -0.635. The number of carbonyl (C=O) groups excluding carboxylic acids is 4. The van der Waals surface area contributed by atoms with Crippen LogP contribution in [0.25, 0.3) is 0 Å². The van der Waals surface area contributed by atoms with Gasteiger partial charge in [0.15, 0.2) is 5.92 Å². The van der Waals surface area contributed by atoms with E-state index in [1.165, 1.54) is 0 Å². The van der Waals surface area contributed by atoms with Crippen LogP contribution in [-0.4, -0.2) is 48.8 Å². The highest BCUT2D eigenvalue weighted by Gasteiger charge is 2.40. The summed E-state index contributed by atoms with van der Waals surface area (Å²) in [5.74, 6) is -4.04. The molecule has 0 aliphatic rings. The van der Waals surface area contributed by atoms with Gasteiger partial charge in [-0.3, -0.25) is 14.4 Å². The Kier molecular flexibility index (Phi) is 10.4. The summed E-state index contributed by atoms with van der Waals surface area (Å²) in [6.45, 7) is 10.1. The van der Waals surface area contributed by atoms with E-state index >= 15 is 0 Å². The number of rotatable bonds is 10. The van der Waals surface area contributed by atoms with Gasteiger partial charge in [0.1, 0.15) is 5.60 Å². The number of primary amides is 1. The van der Waals surface area contributed by atoms with Crippen molar-refractivity contribution in [2.45, 2.75) is 66.0 Å². The van der Waals surface area contributed by atoms with Crippen molar-refractivity contribution < 1.29 is 33.4 Å². The molecular weight excluding hydrogens is 356 g/mol. The molecule has 27 heavy (non-hydrogen) atoms. The average Bonchev–Trinajstić information content (AvgIpc) is 2.50. The Morgan fingerprint density at radius 2 is 1.48 bits per heavy atom. The number of amides is 2. The van der Waals surface area contributed by atoms with E-state index in [2.05, 4.69) is 5.32 Å². The minimum Gasteiger partial charge on any atom is -0.465 e.